The zero-order valence-electron chi connectivity index (χ0n) is 14.2. The van der Waals surface area contributed by atoms with Crippen LogP contribution in [0.4, 0.5) is 0 Å². The van der Waals surface area contributed by atoms with Gasteiger partial charge in [-0.15, -0.1) is 0 Å². The molecule has 126 valence electrons. The third-order valence-electron chi connectivity index (χ3n) is 4.38. The van der Waals surface area contributed by atoms with Gasteiger partial charge >= 0.3 is 0 Å². The van der Waals surface area contributed by atoms with E-state index in [0.717, 1.165) is 50.0 Å². The molecule has 0 aromatic heterocycles. The van der Waals surface area contributed by atoms with E-state index in [-0.39, 0.29) is 12.0 Å². The molecular formula is C19H28N2O2. The van der Waals surface area contributed by atoms with Crippen molar-refractivity contribution in [1.29, 1.82) is 0 Å². The van der Waals surface area contributed by atoms with Crippen LogP contribution in [0.25, 0.3) is 0 Å². The summed E-state index contributed by atoms with van der Waals surface area (Å²) in [6, 6.07) is 8.26. The lowest BCUT2D eigenvalue weighted by Gasteiger charge is -2.30. The van der Waals surface area contributed by atoms with Crippen LogP contribution in [0.3, 0.4) is 0 Å². The predicted molar refractivity (Wildman–Crippen MR) is 92.9 cm³/mol. The first kappa shape index (κ1) is 17.7. The second kappa shape index (κ2) is 8.85. The van der Waals surface area contributed by atoms with Crippen molar-refractivity contribution in [3.63, 3.8) is 0 Å². The number of hydrogen-bond acceptors (Lipinski definition) is 3. The maximum atomic E-state index is 12.0. The Bertz CT molecular complexity index is 546. The van der Waals surface area contributed by atoms with Crippen molar-refractivity contribution in [2.24, 2.45) is 0 Å². The number of nitrogens with zero attached hydrogens (tertiary/aromatic N) is 1. The Balaban J connectivity index is 1.95. The van der Waals surface area contributed by atoms with Gasteiger partial charge in [-0.3, -0.25) is 9.69 Å². The summed E-state index contributed by atoms with van der Waals surface area (Å²) in [5, 5.41) is 12.6. The van der Waals surface area contributed by atoms with Gasteiger partial charge in [0.05, 0.1) is 6.10 Å². The molecule has 0 unspecified atom stereocenters. The van der Waals surface area contributed by atoms with Gasteiger partial charge in [0.2, 0.25) is 5.91 Å². The first-order valence-corrected chi connectivity index (χ1v) is 8.52. The lowest BCUT2D eigenvalue weighted by Crippen LogP contribution is -2.35. The highest BCUT2D eigenvalue weighted by atomic mass is 16.3. The van der Waals surface area contributed by atoms with E-state index in [1.165, 1.54) is 5.56 Å². The minimum atomic E-state index is -0.144. The second-order valence-corrected chi connectivity index (χ2v) is 6.25. The molecule has 0 aliphatic carbocycles. The minimum Gasteiger partial charge on any atom is -0.393 e. The van der Waals surface area contributed by atoms with Crippen LogP contribution in [0.15, 0.2) is 35.9 Å². The van der Waals surface area contributed by atoms with Crippen LogP contribution < -0.4 is 5.32 Å². The molecule has 2 N–H and O–H groups in total. The number of aliphatic hydroxyl groups is 1. The van der Waals surface area contributed by atoms with Gasteiger partial charge in [-0.25, -0.2) is 0 Å². The second-order valence-electron chi connectivity index (χ2n) is 6.25. The number of piperidine rings is 1. The summed E-state index contributed by atoms with van der Waals surface area (Å²) in [6.45, 7) is 7.18. The molecule has 0 radical (unpaired) electrons. The van der Waals surface area contributed by atoms with E-state index < -0.39 is 0 Å². The Kier molecular flexibility index (Phi) is 6.81. The number of aliphatic hydroxyl groups excluding tert-OH is 1. The molecule has 1 aliphatic rings. The number of nitrogens with one attached hydrogen (secondary N) is 1. The predicted octanol–water partition coefficient (Wildman–Crippen LogP) is 2.62. The molecule has 4 nitrogen and oxygen atoms in total. The van der Waals surface area contributed by atoms with E-state index in [4.69, 9.17) is 0 Å². The van der Waals surface area contributed by atoms with Crippen molar-refractivity contribution >= 4 is 5.91 Å². The third kappa shape index (κ3) is 5.48. The monoisotopic (exact) mass is 316 g/mol. The Labute approximate surface area is 139 Å². The van der Waals surface area contributed by atoms with E-state index in [1.54, 1.807) is 0 Å². The van der Waals surface area contributed by atoms with Crippen LogP contribution in [0, 0.1) is 0 Å². The van der Waals surface area contributed by atoms with E-state index in [0.29, 0.717) is 6.54 Å². The van der Waals surface area contributed by atoms with Gasteiger partial charge in [-0.2, -0.15) is 0 Å². The van der Waals surface area contributed by atoms with Crippen LogP contribution >= 0.6 is 0 Å². The molecule has 1 aromatic rings. The molecule has 1 aliphatic heterocycles. The highest BCUT2D eigenvalue weighted by Gasteiger charge is 2.17. The summed E-state index contributed by atoms with van der Waals surface area (Å²) >= 11 is 0. The summed E-state index contributed by atoms with van der Waals surface area (Å²) in [6.07, 6.45) is 4.37. The highest BCUT2D eigenvalue weighted by Crippen LogP contribution is 2.16. The number of rotatable bonds is 6. The smallest absolute Gasteiger partial charge is 0.246 e. The van der Waals surface area contributed by atoms with Crippen molar-refractivity contribution in [3.05, 3.63) is 47.0 Å². The molecule has 1 saturated heterocycles. The van der Waals surface area contributed by atoms with Crippen molar-refractivity contribution in [1.82, 2.24) is 10.2 Å². The molecule has 2 rings (SSSR count). The largest absolute Gasteiger partial charge is 0.393 e. The minimum absolute atomic E-state index is 0.00254. The molecule has 1 amide bonds. The molecule has 4 heteroatoms. The van der Waals surface area contributed by atoms with Gasteiger partial charge in [-0.05, 0) is 37.3 Å². The lowest BCUT2D eigenvalue weighted by molar-refractivity contribution is -0.117. The zero-order chi connectivity index (χ0) is 16.7. The number of benzene rings is 1. The molecule has 1 heterocycles. The van der Waals surface area contributed by atoms with E-state index >= 15 is 0 Å². The molecular weight excluding hydrogens is 288 g/mol. The molecule has 0 saturated carbocycles. The van der Waals surface area contributed by atoms with Crippen LogP contribution in [0.2, 0.25) is 0 Å². The first-order chi connectivity index (χ1) is 11.1. The normalized spacial score (nSPS) is 17.3. The zero-order valence-corrected chi connectivity index (χ0v) is 14.2. The molecule has 1 aromatic carbocycles. The van der Waals surface area contributed by atoms with E-state index in [9.17, 15) is 9.90 Å². The maximum absolute atomic E-state index is 12.0. The maximum Gasteiger partial charge on any atom is 0.246 e. The van der Waals surface area contributed by atoms with Crippen molar-refractivity contribution < 1.29 is 9.90 Å². The number of hydrogen-bond donors (Lipinski definition) is 2. The Morgan fingerprint density at radius 3 is 2.61 bits per heavy atom. The van der Waals surface area contributed by atoms with Crippen molar-refractivity contribution in [2.45, 2.75) is 52.3 Å². The Hall–Kier alpha value is -1.65. The summed E-state index contributed by atoms with van der Waals surface area (Å²) in [7, 11) is 0. The Morgan fingerprint density at radius 2 is 1.96 bits per heavy atom. The molecule has 0 spiro atoms. The van der Waals surface area contributed by atoms with Gasteiger partial charge in [0, 0.05) is 31.8 Å². The van der Waals surface area contributed by atoms with Gasteiger partial charge in [0.15, 0.2) is 0 Å². The summed E-state index contributed by atoms with van der Waals surface area (Å²) < 4.78 is 0. The van der Waals surface area contributed by atoms with Crippen molar-refractivity contribution in [2.75, 3.05) is 13.1 Å². The lowest BCUT2D eigenvalue weighted by atomic mass is 10.0. The molecule has 0 atom stereocenters. The van der Waals surface area contributed by atoms with E-state index in [2.05, 4.69) is 22.3 Å². The first-order valence-electron chi connectivity index (χ1n) is 8.52. The number of carbonyl (C=O) groups is 1. The van der Waals surface area contributed by atoms with Gasteiger partial charge < -0.3 is 10.4 Å². The fourth-order valence-electron chi connectivity index (χ4n) is 2.92. The van der Waals surface area contributed by atoms with Crippen LogP contribution in [-0.4, -0.2) is 35.1 Å². The van der Waals surface area contributed by atoms with Crippen LogP contribution in [0.5, 0.6) is 0 Å². The molecule has 0 bridgehead atoms. The topological polar surface area (TPSA) is 52.6 Å². The average Bonchev–Trinajstić information content (AvgIpc) is 2.56. The summed E-state index contributed by atoms with van der Waals surface area (Å²) in [5.74, 6) is 0.00254. The Morgan fingerprint density at radius 1 is 1.30 bits per heavy atom. The van der Waals surface area contributed by atoms with Crippen LogP contribution in [0.1, 0.15) is 44.2 Å². The van der Waals surface area contributed by atoms with Gasteiger partial charge in [-0.1, -0.05) is 37.3 Å². The number of allylic oxidation sites excluding steroid dienone is 1. The van der Waals surface area contributed by atoms with E-state index in [1.807, 2.05) is 32.1 Å². The SMILES string of the molecule is CCC=C(C)C(=O)NCc1ccccc1CN1CCC(O)CC1. The van der Waals surface area contributed by atoms with Crippen LogP contribution in [-0.2, 0) is 17.9 Å². The quantitative estimate of drug-likeness (QED) is 0.793. The number of carbonyl (C=O) groups excluding carboxylic acids is 1. The highest BCUT2D eigenvalue weighted by molar-refractivity contribution is 5.92. The fourth-order valence-corrected chi connectivity index (χ4v) is 2.92. The number of amides is 1. The van der Waals surface area contributed by atoms with Crippen molar-refractivity contribution in [3.8, 4) is 0 Å². The summed E-state index contributed by atoms with van der Waals surface area (Å²) in [4.78, 5) is 14.4. The number of likely N-dealkylation sites (tertiary alicyclic amines) is 1. The van der Waals surface area contributed by atoms with Gasteiger partial charge in [0.1, 0.15) is 0 Å². The fraction of sp³-hybridized carbons (Fsp3) is 0.526. The third-order valence-corrected chi connectivity index (χ3v) is 4.38. The molecule has 23 heavy (non-hydrogen) atoms. The molecule has 1 fully saturated rings. The average molecular weight is 316 g/mol. The van der Waals surface area contributed by atoms with Gasteiger partial charge in [0.25, 0.3) is 0 Å². The standard InChI is InChI=1S/C19H28N2O2/c1-3-6-15(2)19(23)20-13-16-7-4-5-8-17(16)14-21-11-9-18(22)10-12-21/h4-8,18,22H,3,9-14H2,1-2H3,(H,20,23). The summed E-state index contributed by atoms with van der Waals surface area (Å²) in [5.41, 5.74) is 3.19.